The highest BCUT2D eigenvalue weighted by Gasteiger charge is 2.11. The molecule has 2 heterocycles. The first-order valence-electron chi connectivity index (χ1n) is 8.50. The summed E-state index contributed by atoms with van der Waals surface area (Å²) in [6.07, 6.45) is 4.68. The van der Waals surface area contributed by atoms with Crippen LogP contribution in [-0.4, -0.2) is 20.9 Å². The van der Waals surface area contributed by atoms with Crippen LogP contribution in [0, 0.1) is 6.92 Å². The zero-order valence-electron chi connectivity index (χ0n) is 14.7. The summed E-state index contributed by atoms with van der Waals surface area (Å²) in [5.74, 6) is 0.241. The summed E-state index contributed by atoms with van der Waals surface area (Å²) >= 11 is 0. The van der Waals surface area contributed by atoms with Crippen LogP contribution in [0.3, 0.4) is 0 Å². The molecule has 0 unspecified atom stereocenters. The van der Waals surface area contributed by atoms with Crippen LogP contribution in [0.25, 0.3) is 10.9 Å². The number of nitrogens with zero attached hydrogens (tertiary/aromatic N) is 3. The Morgan fingerprint density at radius 1 is 0.889 bits per heavy atom. The van der Waals surface area contributed by atoms with E-state index in [-0.39, 0.29) is 11.6 Å². The van der Waals surface area contributed by atoms with E-state index in [0.29, 0.717) is 11.5 Å². The molecule has 0 aliphatic carbocycles. The van der Waals surface area contributed by atoms with Crippen LogP contribution < -0.4 is 10.6 Å². The first-order valence-corrected chi connectivity index (χ1v) is 8.50. The van der Waals surface area contributed by atoms with Crippen LogP contribution in [-0.2, 0) is 0 Å². The van der Waals surface area contributed by atoms with Crippen molar-refractivity contribution < 1.29 is 4.79 Å². The monoisotopic (exact) mass is 355 g/mol. The average Bonchev–Trinajstić information content (AvgIpc) is 2.70. The molecule has 0 fully saturated rings. The molecule has 0 saturated heterocycles. The molecule has 0 aliphatic rings. The van der Waals surface area contributed by atoms with Crippen LogP contribution >= 0.6 is 0 Å². The van der Waals surface area contributed by atoms with Crippen molar-refractivity contribution >= 4 is 34.0 Å². The van der Waals surface area contributed by atoms with E-state index in [2.05, 4.69) is 25.6 Å². The predicted octanol–water partition coefficient (Wildman–Crippen LogP) is 4.33. The molecule has 6 nitrogen and oxygen atoms in total. The second kappa shape index (κ2) is 7.21. The van der Waals surface area contributed by atoms with Crippen LogP contribution in [0.15, 0.2) is 73.2 Å². The molecule has 0 saturated carbocycles. The molecule has 0 radical (unpaired) electrons. The summed E-state index contributed by atoms with van der Waals surface area (Å²) in [6, 6.07) is 17.4. The highest BCUT2D eigenvalue weighted by Crippen LogP contribution is 2.21. The van der Waals surface area contributed by atoms with E-state index in [1.54, 1.807) is 6.20 Å². The fraction of sp³-hybridized carbons (Fsp3) is 0.0476. The van der Waals surface area contributed by atoms with Gasteiger partial charge in [-0.1, -0.05) is 35.9 Å². The third kappa shape index (κ3) is 3.74. The molecule has 2 aromatic heterocycles. The number of hydrogen-bond donors (Lipinski definition) is 2. The number of aryl methyl sites for hydroxylation is 1. The Labute approximate surface area is 156 Å². The molecule has 4 rings (SSSR count). The summed E-state index contributed by atoms with van der Waals surface area (Å²) in [5.41, 5.74) is 3.70. The van der Waals surface area contributed by atoms with Crippen molar-refractivity contribution in [1.29, 1.82) is 0 Å². The third-order valence-corrected chi connectivity index (χ3v) is 4.09. The van der Waals surface area contributed by atoms with Crippen molar-refractivity contribution in [1.82, 2.24) is 15.0 Å². The van der Waals surface area contributed by atoms with Gasteiger partial charge < -0.3 is 10.6 Å². The Morgan fingerprint density at radius 2 is 1.70 bits per heavy atom. The number of para-hydroxylation sites is 1. The molecule has 0 aliphatic heterocycles. The van der Waals surface area contributed by atoms with Gasteiger partial charge in [0.2, 0.25) is 0 Å². The minimum absolute atomic E-state index is 0.234. The van der Waals surface area contributed by atoms with Gasteiger partial charge in [-0.3, -0.25) is 9.78 Å². The lowest BCUT2D eigenvalue weighted by atomic mass is 10.2. The Morgan fingerprint density at radius 3 is 2.48 bits per heavy atom. The number of fused-ring (bicyclic) bond motifs is 1. The number of amides is 1. The molecule has 2 N–H and O–H groups in total. The smallest absolute Gasteiger partial charge is 0.275 e. The van der Waals surface area contributed by atoms with Crippen molar-refractivity contribution in [3.63, 3.8) is 0 Å². The summed E-state index contributed by atoms with van der Waals surface area (Å²) in [4.78, 5) is 25.3. The van der Waals surface area contributed by atoms with Gasteiger partial charge in [-0.15, -0.1) is 0 Å². The molecule has 27 heavy (non-hydrogen) atoms. The van der Waals surface area contributed by atoms with E-state index in [1.807, 2.05) is 61.5 Å². The standard InChI is InChI=1S/C21H17N5O/c1-14-7-9-16(10-8-14)25-19-13-23-18(12-24-19)21(27)26-17-6-2-4-15-5-3-11-22-20(15)17/h2-13H,1H3,(H,24,25)(H,26,27). The predicted molar refractivity (Wildman–Crippen MR) is 106 cm³/mol. The molecular weight excluding hydrogens is 338 g/mol. The van der Waals surface area contributed by atoms with Gasteiger partial charge in [0.05, 0.1) is 23.6 Å². The summed E-state index contributed by atoms with van der Waals surface area (Å²) in [5, 5.41) is 6.97. The number of pyridine rings is 1. The van der Waals surface area contributed by atoms with E-state index < -0.39 is 0 Å². The molecule has 2 aromatic carbocycles. The number of aromatic nitrogens is 3. The average molecular weight is 355 g/mol. The lowest BCUT2D eigenvalue weighted by Gasteiger charge is -2.08. The van der Waals surface area contributed by atoms with Crippen LogP contribution in [0.1, 0.15) is 16.1 Å². The largest absolute Gasteiger partial charge is 0.339 e. The maximum absolute atomic E-state index is 12.5. The quantitative estimate of drug-likeness (QED) is 0.569. The van der Waals surface area contributed by atoms with Gasteiger partial charge >= 0.3 is 0 Å². The first kappa shape index (κ1) is 16.7. The number of anilines is 3. The van der Waals surface area contributed by atoms with Gasteiger partial charge in [0.25, 0.3) is 5.91 Å². The van der Waals surface area contributed by atoms with Crippen molar-refractivity contribution in [3.05, 3.63) is 84.4 Å². The molecule has 0 bridgehead atoms. The van der Waals surface area contributed by atoms with E-state index in [9.17, 15) is 4.79 Å². The van der Waals surface area contributed by atoms with Gasteiger partial charge in [-0.2, -0.15) is 0 Å². The number of carbonyl (C=O) groups is 1. The van der Waals surface area contributed by atoms with Crippen molar-refractivity contribution in [2.75, 3.05) is 10.6 Å². The van der Waals surface area contributed by atoms with Crippen LogP contribution in [0.2, 0.25) is 0 Å². The van der Waals surface area contributed by atoms with E-state index in [0.717, 1.165) is 16.6 Å². The van der Waals surface area contributed by atoms with E-state index in [4.69, 9.17) is 0 Å². The fourth-order valence-electron chi connectivity index (χ4n) is 2.69. The highest BCUT2D eigenvalue weighted by molar-refractivity contribution is 6.07. The molecule has 0 atom stereocenters. The maximum Gasteiger partial charge on any atom is 0.275 e. The van der Waals surface area contributed by atoms with Crippen molar-refractivity contribution in [2.24, 2.45) is 0 Å². The Balaban J connectivity index is 1.50. The fourth-order valence-corrected chi connectivity index (χ4v) is 2.69. The van der Waals surface area contributed by atoms with Crippen LogP contribution in [0.4, 0.5) is 17.2 Å². The number of hydrogen-bond acceptors (Lipinski definition) is 5. The summed E-state index contributed by atoms with van der Waals surface area (Å²) in [6.45, 7) is 2.03. The van der Waals surface area contributed by atoms with Crippen LogP contribution in [0.5, 0.6) is 0 Å². The van der Waals surface area contributed by atoms with Gasteiger partial charge in [-0.25, -0.2) is 9.97 Å². The summed E-state index contributed by atoms with van der Waals surface area (Å²) in [7, 11) is 0. The van der Waals surface area contributed by atoms with Gasteiger partial charge in [0.15, 0.2) is 0 Å². The summed E-state index contributed by atoms with van der Waals surface area (Å²) < 4.78 is 0. The minimum atomic E-state index is -0.331. The zero-order chi connectivity index (χ0) is 18.6. The first-order chi connectivity index (χ1) is 13.2. The lowest BCUT2D eigenvalue weighted by Crippen LogP contribution is -2.14. The normalized spacial score (nSPS) is 10.6. The molecular formula is C21H17N5O. The zero-order valence-corrected chi connectivity index (χ0v) is 14.7. The molecule has 132 valence electrons. The number of benzene rings is 2. The second-order valence-corrected chi connectivity index (χ2v) is 6.11. The maximum atomic E-state index is 12.5. The highest BCUT2D eigenvalue weighted by atomic mass is 16.1. The third-order valence-electron chi connectivity index (χ3n) is 4.09. The van der Waals surface area contributed by atoms with Crippen molar-refractivity contribution in [2.45, 2.75) is 6.92 Å². The number of rotatable bonds is 4. The molecule has 6 heteroatoms. The number of carbonyl (C=O) groups excluding carboxylic acids is 1. The number of nitrogens with one attached hydrogen (secondary N) is 2. The Bertz CT molecular complexity index is 1090. The topological polar surface area (TPSA) is 79.8 Å². The van der Waals surface area contributed by atoms with Gasteiger partial charge in [0.1, 0.15) is 11.5 Å². The Kier molecular flexibility index (Phi) is 4.45. The minimum Gasteiger partial charge on any atom is -0.339 e. The van der Waals surface area contributed by atoms with E-state index in [1.165, 1.54) is 18.0 Å². The Hall–Kier alpha value is -3.80. The molecule has 0 spiro atoms. The van der Waals surface area contributed by atoms with Crippen molar-refractivity contribution in [3.8, 4) is 0 Å². The SMILES string of the molecule is Cc1ccc(Nc2cnc(C(=O)Nc3cccc4cccnc34)cn2)cc1. The van der Waals surface area contributed by atoms with E-state index >= 15 is 0 Å². The second-order valence-electron chi connectivity index (χ2n) is 6.11. The van der Waals surface area contributed by atoms with Gasteiger partial charge in [0, 0.05) is 17.3 Å². The molecule has 4 aromatic rings. The molecule has 1 amide bonds. The van der Waals surface area contributed by atoms with Gasteiger partial charge in [-0.05, 0) is 31.2 Å². The lowest BCUT2D eigenvalue weighted by molar-refractivity contribution is 0.102.